The lowest BCUT2D eigenvalue weighted by Crippen LogP contribution is -2.33. The van der Waals surface area contributed by atoms with Gasteiger partial charge >= 0.3 is 5.97 Å². The second-order valence-corrected chi connectivity index (χ2v) is 6.62. The lowest BCUT2D eigenvalue weighted by molar-refractivity contribution is -0.135. The highest BCUT2D eigenvalue weighted by atomic mass is 35.5. The Kier molecular flexibility index (Phi) is 4.98. The summed E-state index contributed by atoms with van der Waals surface area (Å²) in [5, 5.41) is 9.35. The maximum absolute atomic E-state index is 11.1. The van der Waals surface area contributed by atoms with E-state index < -0.39 is 15.8 Å². The second-order valence-electron chi connectivity index (χ2n) is 3.92. The maximum Gasteiger partial charge on any atom is 0.323 e. The van der Waals surface area contributed by atoms with E-state index in [1.54, 1.807) is 24.3 Å². The van der Waals surface area contributed by atoms with Crippen LogP contribution in [0, 0.1) is 0 Å². The molecule has 0 radical (unpaired) electrons. The average molecular weight is 292 g/mol. The summed E-state index contributed by atoms with van der Waals surface area (Å²) < 4.78 is 22.2. The fraction of sp³-hybridized carbons (Fsp3) is 0.364. The molecule has 0 aliphatic carbocycles. The van der Waals surface area contributed by atoms with Crippen LogP contribution in [-0.2, 0) is 14.6 Å². The lowest BCUT2D eigenvalue weighted by atomic mass is 10.3. The zero-order chi connectivity index (χ0) is 13.8. The lowest BCUT2D eigenvalue weighted by Gasteiger charge is -2.22. The number of carboxylic acids is 1. The molecule has 0 saturated heterocycles. The minimum Gasteiger partial charge on any atom is -0.480 e. The van der Waals surface area contributed by atoms with Crippen molar-refractivity contribution in [3.05, 3.63) is 29.3 Å². The van der Waals surface area contributed by atoms with Gasteiger partial charge in [0.1, 0.15) is 16.4 Å². The molecule has 0 unspecified atom stereocenters. The first kappa shape index (κ1) is 14.8. The second kappa shape index (κ2) is 6.06. The molecule has 0 aliphatic heterocycles. The number of sulfone groups is 1. The zero-order valence-electron chi connectivity index (χ0n) is 9.84. The Morgan fingerprint density at radius 1 is 1.33 bits per heavy atom. The number of anilines is 1. The molecule has 0 aromatic heterocycles. The minimum atomic E-state index is -3.13. The number of hydrogen-bond donors (Lipinski definition) is 1. The highest BCUT2D eigenvalue weighted by molar-refractivity contribution is 7.90. The van der Waals surface area contributed by atoms with Crippen LogP contribution in [0.1, 0.15) is 0 Å². The SMILES string of the molecule is CS(=O)(=O)CCN(CC(=O)O)c1ccc(Cl)cc1. The molecule has 1 N–H and O–H groups in total. The molecule has 100 valence electrons. The predicted octanol–water partition coefficient (Wildman–Crippen LogP) is 1.28. The average Bonchev–Trinajstić information content (AvgIpc) is 2.24. The fourth-order valence-corrected chi connectivity index (χ4v) is 2.07. The summed E-state index contributed by atoms with van der Waals surface area (Å²) >= 11 is 5.74. The molecule has 5 nitrogen and oxygen atoms in total. The van der Waals surface area contributed by atoms with Crippen LogP contribution in [0.5, 0.6) is 0 Å². The van der Waals surface area contributed by atoms with Crippen LogP contribution in [-0.4, -0.2) is 44.6 Å². The number of aliphatic carboxylic acids is 1. The summed E-state index contributed by atoms with van der Waals surface area (Å²) in [6.45, 7) is -0.121. The number of benzene rings is 1. The van der Waals surface area contributed by atoms with Crippen molar-refractivity contribution in [1.29, 1.82) is 0 Å². The first-order valence-electron chi connectivity index (χ1n) is 5.18. The number of nitrogens with zero attached hydrogens (tertiary/aromatic N) is 1. The van der Waals surface area contributed by atoms with E-state index in [0.717, 1.165) is 6.26 Å². The molecule has 0 fully saturated rings. The fourth-order valence-electron chi connectivity index (χ4n) is 1.39. The van der Waals surface area contributed by atoms with Gasteiger partial charge in [0.05, 0.1) is 5.75 Å². The van der Waals surface area contributed by atoms with Crippen molar-refractivity contribution >= 4 is 33.1 Å². The third-order valence-electron chi connectivity index (χ3n) is 2.25. The molecule has 18 heavy (non-hydrogen) atoms. The van der Waals surface area contributed by atoms with Gasteiger partial charge in [0.25, 0.3) is 0 Å². The van der Waals surface area contributed by atoms with E-state index >= 15 is 0 Å². The van der Waals surface area contributed by atoms with E-state index in [0.29, 0.717) is 10.7 Å². The number of hydrogen-bond acceptors (Lipinski definition) is 4. The van der Waals surface area contributed by atoms with Crippen molar-refractivity contribution in [2.45, 2.75) is 0 Å². The van der Waals surface area contributed by atoms with Gasteiger partial charge in [-0.3, -0.25) is 4.79 Å². The van der Waals surface area contributed by atoms with Gasteiger partial charge in [-0.2, -0.15) is 0 Å². The highest BCUT2D eigenvalue weighted by Gasteiger charge is 2.13. The van der Waals surface area contributed by atoms with E-state index in [-0.39, 0.29) is 18.8 Å². The number of halogens is 1. The van der Waals surface area contributed by atoms with Crippen LogP contribution in [0.4, 0.5) is 5.69 Å². The molecule has 0 spiro atoms. The molecule has 0 amide bonds. The van der Waals surface area contributed by atoms with E-state index in [1.807, 2.05) is 0 Å². The van der Waals surface area contributed by atoms with E-state index in [9.17, 15) is 13.2 Å². The third-order valence-corrected chi connectivity index (χ3v) is 3.43. The number of rotatable bonds is 6. The molecule has 1 rings (SSSR count). The van der Waals surface area contributed by atoms with E-state index in [2.05, 4.69) is 0 Å². The summed E-state index contributed by atoms with van der Waals surface area (Å²) in [5.41, 5.74) is 0.630. The number of carboxylic acid groups (broad SMARTS) is 1. The monoisotopic (exact) mass is 291 g/mol. The molecule has 7 heteroatoms. The number of carbonyl (C=O) groups is 1. The third kappa shape index (κ3) is 5.37. The van der Waals surface area contributed by atoms with Crippen LogP contribution >= 0.6 is 11.6 Å². The van der Waals surface area contributed by atoms with Gasteiger partial charge < -0.3 is 10.0 Å². The van der Waals surface area contributed by atoms with Gasteiger partial charge in [-0.1, -0.05) is 11.6 Å². The Hall–Kier alpha value is -1.27. The van der Waals surface area contributed by atoms with Crippen molar-refractivity contribution in [3.8, 4) is 0 Å². The summed E-state index contributed by atoms with van der Waals surface area (Å²) in [7, 11) is -3.13. The smallest absolute Gasteiger partial charge is 0.323 e. The summed E-state index contributed by atoms with van der Waals surface area (Å²) in [4.78, 5) is 12.2. The normalized spacial score (nSPS) is 11.2. The van der Waals surface area contributed by atoms with E-state index in [1.165, 1.54) is 4.90 Å². The quantitative estimate of drug-likeness (QED) is 0.854. The molecule has 0 saturated carbocycles. The van der Waals surface area contributed by atoms with Crippen molar-refractivity contribution in [1.82, 2.24) is 0 Å². The van der Waals surface area contributed by atoms with Crippen LogP contribution in [0.25, 0.3) is 0 Å². The van der Waals surface area contributed by atoms with Crippen molar-refractivity contribution in [3.63, 3.8) is 0 Å². The Morgan fingerprint density at radius 2 is 1.89 bits per heavy atom. The molecule has 0 atom stereocenters. The van der Waals surface area contributed by atoms with Gasteiger partial charge in [0, 0.05) is 23.5 Å². The first-order valence-corrected chi connectivity index (χ1v) is 7.62. The Morgan fingerprint density at radius 3 is 2.33 bits per heavy atom. The predicted molar refractivity (Wildman–Crippen MR) is 71.0 cm³/mol. The zero-order valence-corrected chi connectivity index (χ0v) is 11.4. The maximum atomic E-state index is 11.1. The largest absolute Gasteiger partial charge is 0.480 e. The summed E-state index contributed by atoms with van der Waals surface area (Å²) in [6, 6.07) is 6.58. The topological polar surface area (TPSA) is 74.7 Å². The molecular formula is C11H14ClNO4S. The Labute approximate surface area is 111 Å². The molecular weight excluding hydrogens is 278 g/mol. The van der Waals surface area contributed by atoms with Gasteiger partial charge in [-0.05, 0) is 24.3 Å². The van der Waals surface area contributed by atoms with Gasteiger partial charge in [0.15, 0.2) is 0 Å². The van der Waals surface area contributed by atoms with Crippen LogP contribution in [0.3, 0.4) is 0 Å². The van der Waals surface area contributed by atoms with Crippen LogP contribution < -0.4 is 4.90 Å². The molecule has 0 heterocycles. The van der Waals surface area contributed by atoms with E-state index in [4.69, 9.17) is 16.7 Å². The molecule has 0 bridgehead atoms. The highest BCUT2D eigenvalue weighted by Crippen LogP contribution is 2.17. The van der Waals surface area contributed by atoms with Crippen molar-refractivity contribution in [2.75, 3.05) is 30.0 Å². The minimum absolute atomic E-state index is 0.0943. The summed E-state index contributed by atoms with van der Waals surface area (Å²) in [5.74, 6) is -1.11. The Bertz CT molecular complexity index is 512. The van der Waals surface area contributed by atoms with Gasteiger partial charge in [-0.15, -0.1) is 0 Å². The van der Waals surface area contributed by atoms with Crippen LogP contribution in [0.15, 0.2) is 24.3 Å². The molecule has 0 aliphatic rings. The first-order chi connectivity index (χ1) is 8.28. The molecule has 1 aromatic carbocycles. The van der Waals surface area contributed by atoms with Crippen LogP contribution in [0.2, 0.25) is 5.02 Å². The van der Waals surface area contributed by atoms with Crippen molar-refractivity contribution < 1.29 is 18.3 Å². The molecule has 1 aromatic rings. The van der Waals surface area contributed by atoms with Gasteiger partial charge in [-0.25, -0.2) is 8.42 Å². The standard InChI is InChI=1S/C11H14ClNO4S/c1-18(16,17)7-6-13(8-11(14)15)10-4-2-9(12)3-5-10/h2-5H,6-8H2,1H3,(H,14,15). The summed E-state index contributed by atoms with van der Waals surface area (Å²) in [6.07, 6.45) is 1.12. The van der Waals surface area contributed by atoms with Gasteiger partial charge in [0.2, 0.25) is 0 Å². The Balaban J connectivity index is 2.84. The van der Waals surface area contributed by atoms with Crippen molar-refractivity contribution in [2.24, 2.45) is 0 Å².